The molecule has 4 rings (SSSR count). The predicted octanol–water partition coefficient (Wildman–Crippen LogP) is 4.68. The summed E-state index contributed by atoms with van der Waals surface area (Å²) < 4.78 is 11.4. The molecule has 6 nitrogen and oxygen atoms in total. The number of likely N-dealkylation sites (tertiary alicyclic amines) is 1. The van der Waals surface area contributed by atoms with E-state index in [1.165, 1.54) is 0 Å². The van der Waals surface area contributed by atoms with Crippen molar-refractivity contribution in [2.24, 2.45) is 11.8 Å². The third-order valence-electron chi connectivity index (χ3n) is 8.06. The van der Waals surface area contributed by atoms with Gasteiger partial charge < -0.3 is 19.7 Å². The highest BCUT2D eigenvalue weighted by Crippen LogP contribution is 2.29. The van der Waals surface area contributed by atoms with Gasteiger partial charge >= 0.3 is 6.09 Å². The summed E-state index contributed by atoms with van der Waals surface area (Å²) >= 11 is 0. The van der Waals surface area contributed by atoms with E-state index in [4.69, 9.17) is 9.47 Å². The van der Waals surface area contributed by atoms with Gasteiger partial charge in [0.05, 0.1) is 0 Å². The van der Waals surface area contributed by atoms with Gasteiger partial charge in [0.25, 0.3) is 5.91 Å². The van der Waals surface area contributed by atoms with E-state index in [-0.39, 0.29) is 24.1 Å². The van der Waals surface area contributed by atoms with Crippen LogP contribution in [0.5, 0.6) is 0 Å². The third kappa shape index (κ3) is 6.84. The van der Waals surface area contributed by atoms with Crippen molar-refractivity contribution in [2.45, 2.75) is 90.9 Å². The summed E-state index contributed by atoms with van der Waals surface area (Å²) in [7, 11) is 0. The molecule has 2 atom stereocenters. The van der Waals surface area contributed by atoms with Crippen LogP contribution < -0.4 is 15.8 Å². The third-order valence-corrected chi connectivity index (χ3v) is 8.06. The summed E-state index contributed by atoms with van der Waals surface area (Å²) in [4.78, 5) is 27.4. The molecule has 2 amide bonds. The van der Waals surface area contributed by atoms with Gasteiger partial charge in [-0.05, 0) is 92.4 Å². The van der Waals surface area contributed by atoms with Crippen LogP contribution >= 0.6 is 0 Å². The molecule has 202 valence electrons. The number of benzene rings is 1. The summed E-state index contributed by atoms with van der Waals surface area (Å²) in [5.74, 6) is 0.686. The molecule has 1 aliphatic carbocycles. The monoisotopic (exact) mass is 508 g/mol. The summed E-state index contributed by atoms with van der Waals surface area (Å²) in [6, 6.07) is 4.23. The van der Waals surface area contributed by atoms with Gasteiger partial charge in [-0.15, -0.1) is 0 Å². The zero-order chi connectivity index (χ0) is 26.6. The molecule has 2 aliphatic heterocycles. The Balaban J connectivity index is 1.41. The van der Waals surface area contributed by atoms with E-state index in [2.05, 4.69) is 43.1 Å². The number of carbonyl (C=O) groups excluding carboxylic acids is 2. The number of nitrogens with zero attached hydrogens (tertiary/aromatic N) is 1. The Morgan fingerprint density at radius 1 is 1.16 bits per heavy atom. The molecule has 0 saturated carbocycles. The molecule has 0 spiro atoms. The molecule has 1 aromatic carbocycles. The number of fused-ring (bicyclic) bond motifs is 1. The number of nitrogens with one attached hydrogen (secondary N) is 1. The highest BCUT2D eigenvalue weighted by Gasteiger charge is 2.34. The maximum Gasteiger partial charge on any atom is 0.410 e. The van der Waals surface area contributed by atoms with E-state index >= 15 is 0 Å². The minimum absolute atomic E-state index is 0.0415. The SMILES string of the molecule is C=C1C=c2cc(CCC)c(C(=O)NC3CCCCO3)cc2=CC1CCC1CN(C(=O)OC(C)(C)CC)C1. The maximum absolute atomic E-state index is 13.2. The van der Waals surface area contributed by atoms with Crippen molar-refractivity contribution in [3.05, 3.63) is 45.8 Å². The molecule has 0 radical (unpaired) electrons. The fourth-order valence-corrected chi connectivity index (χ4v) is 5.30. The smallest absolute Gasteiger partial charge is 0.410 e. The highest BCUT2D eigenvalue weighted by molar-refractivity contribution is 5.96. The molecule has 37 heavy (non-hydrogen) atoms. The van der Waals surface area contributed by atoms with Crippen LogP contribution in [0, 0.1) is 11.8 Å². The largest absolute Gasteiger partial charge is 0.443 e. The first kappa shape index (κ1) is 27.4. The van der Waals surface area contributed by atoms with E-state index < -0.39 is 5.60 Å². The number of hydrogen-bond donors (Lipinski definition) is 1. The normalized spacial score (nSPS) is 21.8. The predicted molar refractivity (Wildman–Crippen MR) is 147 cm³/mol. The van der Waals surface area contributed by atoms with E-state index in [9.17, 15) is 9.59 Å². The van der Waals surface area contributed by atoms with Gasteiger partial charge in [0.15, 0.2) is 0 Å². The quantitative estimate of drug-likeness (QED) is 0.526. The molecule has 2 unspecified atom stereocenters. The fraction of sp³-hybridized carbons (Fsp3) is 0.613. The summed E-state index contributed by atoms with van der Waals surface area (Å²) in [5, 5.41) is 5.35. The zero-order valence-corrected chi connectivity index (χ0v) is 23.1. The highest BCUT2D eigenvalue weighted by atomic mass is 16.6. The number of aryl methyl sites for hydroxylation is 1. The first-order valence-electron chi connectivity index (χ1n) is 14.1. The number of carbonyl (C=O) groups is 2. The summed E-state index contributed by atoms with van der Waals surface area (Å²) in [6.45, 7) is 14.6. The molecule has 2 heterocycles. The van der Waals surface area contributed by atoms with Gasteiger partial charge in [0, 0.05) is 31.2 Å². The van der Waals surface area contributed by atoms with Crippen LogP contribution in [0.4, 0.5) is 4.79 Å². The molecule has 6 heteroatoms. The lowest BCUT2D eigenvalue weighted by Crippen LogP contribution is -2.51. The van der Waals surface area contributed by atoms with Gasteiger partial charge in [-0.1, -0.05) is 45.1 Å². The van der Waals surface area contributed by atoms with Crippen molar-refractivity contribution in [1.82, 2.24) is 10.2 Å². The van der Waals surface area contributed by atoms with Gasteiger partial charge in [-0.3, -0.25) is 4.79 Å². The molecule has 1 N–H and O–H groups in total. The van der Waals surface area contributed by atoms with Crippen molar-refractivity contribution in [2.75, 3.05) is 19.7 Å². The molecule has 3 aliphatic rings. The Morgan fingerprint density at radius 3 is 2.62 bits per heavy atom. The topological polar surface area (TPSA) is 67.9 Å². The summed E-state index contributed by atoms with van der Waals surface area (Å²) in [6.07, 6.45) is 11.7. The second-order valence-corrected chi connectivity index (χ2v) is 11.5. The van der Waals surface area contributed by atoms with Gasteiger partial charge in [-0.25, -0.2) is 4.79 Å². The maximum atomic E-state index is 13.2. The lowest BCUT2D eigenvalue weighted by atomic mass is 9.84. The Kier molecular flexibility index (Phi) is 8.79. The van der Waals surface area contributed by atoms with Crippen molar-refractivity contribution in [3.63, 3.8) is 0 Å². The van der Waals surface area contributed by atoms with Crippen LogP contribution in [0.1, 0.15) is 88.6 Å². The van der Waals surface area contributed by atoms with E-state index in [1.807, 2.05) is 20.8 Å². The Hall–Kier alpha value is -2.60. The van der Waals surface area contributed by atoms with Crippen molar-refractivity contribution in [1.29, 1.82) is 0 Å². The molecule has 0 bridgehead atoms. The number of hydrogen-bond acceptors (Lipinski definition) is 4. The minimum atomic E-state index is -0.420. The number of allylic oxidation sites excluding steroid dienone is 1. The average Bonchev–Trinajstić information content (AvgIpc) is 2.83. The van der Waals surface area contributed by atoms with Crippen LogP contribution in [0.15, 0.2) is 24.3 Å². The molecular weight excluding hydrogens is 464 g/mol. The van der Waals surface area contributed by atoms with Gasteiger partial charge in [0.1, 0.15) is 11.8 Å². The molecule has 1 aromatic rings. The zero-order valence-electron chi connectivity index (χ0n) is 23.1. The first-order chi connectivity index (χ1) is 17.7. The minimum Gasteiger partial charge on any atom is -0.443 e. The van der Waals surface area contributed by atoms with Crippen LogP contribution in [0.25, 0.3) is 12.2 Å². The van der Waals surface area contributed by atoms with Crippen LogP contribution in [0.3, 0.4) is 0 Å². The first-order valence-corrected chi connectivity index (χ1v) is 14.1. The lowest BCUT2D eigenvalue weighted by Gasteiger charge is -2.40. The summed E-state index contributed by atoms with van der Waals surface area (Å²) in [5.41, 5.74) is 2.53. The van der Waals surface area contributed by atoms with Gasteiger partial charge in [0.2, 0.25) is 0 Å². The van der Waals surface area contributed by atoms with E-state index in [0.717, 1.165) is 91.6 Å². The van der Waals surface area contributed by atoms with Crippen LogP contribution in [0.2, 0.25) is 0 Å². The van der Waals surface area contributed by atoms with Gasteiger partial charge in [-0.2, -0.15) is 0 Å². The molecular formula is C31H44N2O4. The Morgan fingerprint density at radius 2 is 1.95 bits per heavy atom. The average molecular weight is 509 g/mol. The number of amides is 2. The van der Waals surface area contributed by atoms with E-state index in [1.54, 1.807) is 4.90 Å². The Bertz CT molecular complexity index is 1130. The standard InChI is InChI=1S/C31H44N2O4/c1-6-10-24-17-25-15-21(3)23(13-12-22-19-33(20-22)30(35)37-31(4,5)7-2)16-26(25)18-27(24)29(34)32-28-11-8-9-14-36-28/h15-18,22-23,28H,3,6-14,19-20H2,1-2,4-5H3,(H,32,34). The molecule has 0 aromatic heterocycles. The second-order valence-electron chi connectivity index (χ2n) is 11.5. The van der Waals surface area contributed by atoms with Crippen molar-refractivity contribution in [3.8, 4) is 0 Å². The Labute approximate surface area is 221 Å². The van der Waals surface area contributed by atoms with Crippen molar-refractivity contribution >= 4 is 24.2 Å². The second kappa shape index (κ2) is 11.8. The van der Waals surface area contributed by atoms with Crippen LogP contribution in [-0.2, 0) is 15.9 Å². The number of ether oxygens (including phenoxy) is 2. The molecule has 2 saturated heterocycles. The van der Waals surface area contributed by atoms with E-state index in [0.29, 0.717) is 12.5 Å². The fourth-order valence-electron chi connectivity index (χ4n) is 5.30. The van der Waals surface area contributed by atoms with Crippen molar-refractivity contribution < 1.29 is 19.1 Å². The molecule has 2 fully saturated rings. The van der Waals surface area contributed by atoms with Crippen LogP contribution in [-0.4, -0.2) is 48.4 Å². The lowest BCUT2D eigenvalue weighted by molar-refractivity contribution is -0.0127. The number of rotatable bonds is 9.